The van der Waals surface area contributed by atoms with Crippen LogP contribution >= 0.6 is 0 Å². The van der Waals surface area contributed by atoms with Crippen LogP contribution in [0.4, 0.5) is 5.95 Å². The van der Waals surface area contributed by atoms with Crippen molar-refractivity contribution < 1.29 is 5.11 Å². The van der Waals surface area contributed by atoms with Gasteiger partial charge in [-0.25, -0.2) is 4.79 Å². The second-order valence-electron chi connectivity index (χ2n) is 5.56. The molecule has 2 heterocycles. The molecule has 0 radical (unpaired) electrons. The average Bonchev–Trinajstić information content (AvgIpc) is 2.81. The molecule has 0 aliphatic rings. The SMILES string of the molecule is CNc1nc2c(c(=O)n(CCCC[C@@H](C)O)c(=O)n2C)n1C. The lowest BCUT2D eigenvalue weighted by Crippen LogP contribution is -2.39. The number of aliphatic hydroxyl groups is 1. The average molecular weight is 309 g/mol. The van der Waals surface area contributed by atoms with Gasteiger partial charge in [0, 0.05) is 27.7 Å². The molecular weight excluding hydrogens is 286 g/mol. The van der Waals surface area contributed by atoms with E-state index in [1.54, 1.807) is 32.6 Å². The highest BCUT2D eigenvalue weighted by molar-refractivity contribution is 5.74. The first-order valence-corrected chi connectivity index (χ1v) is 7.40. The van der Waals surface area contributed by atoms with Crippen LogP contribution in [0.15, 0.2) is 9.59 Å². The topological polar surface area (TPSA) is 94.1 Å². The number of hydrogen-bond acceptors (Lipinski definition) is 5. The number of nitrogens with zero attached hydrogens (tertiary/aromatic N) is 4. The van der Waals surface area contributed by atoms with Crippen LogP contribution in [0.25, 0.3) is 11.2 Å². The maximum Gasteiger partial charge on any atom is 0.332 e. The minimum Gasteiger partial charge on any atom is -0.393 e. The monoisotopic (exact) mass is 309 g/mol. The van der Waals surface area contributed by atoms with Gasteiger partial charge in [0.2, 0.25) is 5.95 Å². The van der Waals surface area contributed by atoms with Crippen LogP contribution in [0.5, 0.6) is 0 Å². The van der Waals surface area contributed by atoms with Crippen LogP contribution in [-0.2, 0) is 20.6 Å². The second-order valence-corrected chi connectivity index (χ2v) is 5.56. The summed E-state index contributed by atoms with van der Waals surface area (Å²) < 4.78 is 4.29. The molecule has 0 fully saturated rings. The normalized spacial score (nSPS) is 12.8. The number of hydrogen-bond donors (Lipinski definition) is 2. The molecule has 8 heteroatoms. The maximum atomic E-state index is 12.6. The van der Waals surface area contributed by atoms with Crippen molar-refractivity contribution in [1.82, 2.24) is 18.7 Å². The molecule has 2 aromatic heterocycles. The van der Waals surface area contributed by atoms with E-state index in [0.29, 0.717) is 36.5 Å². The fourth-order valence-electron chi connectivity index (χ4n) is 2.57. The van der Waals surface area contributed by atoms with Gasteiger partial charge in [-0.1, -0.05) is 0 Å². The Bertz CT molecular complexity index is 784. The van der Waals surface area contributed by atoms with Crippen molar-refractivity contribution >= 4 is 17.1 Å². The van der Waals surface area contributed by atoms with Crippen molar-refractivity contribution in [3.05, 3.63) is 20.8 Å². The van der Waals surface area contributed by atoms with Gasteiger partial charge in [0.25, 0.3) is 5.56 Å². The van der Waals surface area contributed by atoms with Gasteiger partial charge in [0.1, 0.15) is 0 Å². The zero-order chi connectivity index (χ0) is 16.4. The van der Waals surface area contributed by atoms with E-state index in [-0.39, 0.29) is 17.4 Å². The third-order valence-electron chi connectivity index (χ3n) is 3.84. The third kappa shape index (κ3) is 2.78. The maximum absolute atomic E-state index is 12.6. The molecule has 2 N–H and O–H groups in total. The Kier molecular flexibility index (Phi) is 4.70. The Morgan fingerprint density at radius 1 is 1.23 bits per heavy atom. The number of nitrogens with one attached hydrogen (secondary N) is 1. The van der Waals surface area contributed by atoms with Crippen molar-refractivity contribution in [1.29, 1.82) is 0 Å². The summed E-state index contributed by atoms with van der Waals surface area (Å²) in [7, 11) is 5.07. The van der Waals surface area contributed by atoms with Gasteiger partial charge in [-0.2, -0.15) is 4.98 Å². The van der Waals surface area contributed by atoms with Gasteiger partial charge in [-0.15, -0.1) is 0 Å². The van der Waals surface area contributed by atoms with E-state index < -0.39 is 0 Å². The molecule has 2 rings (SSSR count). The third-order valence-corrected chi connectivity index (χ3v) is 3.84. The largest absolute Gasteiger partial charge is 0.393 e. The summed E-state index contributed by atoms with van der Waals surface area (Å²) in [5, 5.41) is 12.2. The lowest BCUT2D eigenvalue weighted by Gasteiger charge is -2.09. The smallest absolute Gasteiger partial charge is 0.332 e. The Labute approximate surface area is 128 Å². The summed E-state index contributed by atoms with van der Waals surface area (Å²) in [6.07, 6.45) is 1.73. The lowest BCUT2D eigenvalue weighted by molar-refractivity contribution is 0.180. The van der Waals surface area contributed by atoms with E-state index in [9.17, 15) is 14.7 Å². The van der Waals surface area contributed by atoms with E-state index in [0.717, 1.165) is 6.42 Å². The van der Waals surface area contributed by atoms with Gasteiger partial charge >= 0.3 is 5.69 Å². The van der Waals surface area contributed by atoms with Crippen molar-refractivity contribution in [3.63, 3.8) is 0 Å². The predicted molar refractivity (Wildman–Crippen MR) is 85.3 cm³/mol. The van der Waals surface area contributed by atoms with Crippen LogP contribution in [0.1, 0.15) is 26.2 Å². The molecule has 0 spiro atoms. The number of unbranched alkanes of at least 4 members (excludes halogenated alkanes) is 1. The number of aromatic nitrogens is 4. The quantitative estimate of drug-likeness (QED) is 0.734. The first kappa shape index (κ1) is 16.3. The van der Waals surface area contributed by atoms with Gasteiger partial charge in [-0.3, -0.25) is 13.9 Å². The van der Waals surface area contributed by atoms with Crippen molar-refractivity contribution in [2.45, 2.75) is 38.8 Å². The minimum absolute atomic E-state index is 0.327. The van der Waals surface area contributed by atoms with E-state index in [4.69, 9.17) is 0 Å². The molecule has 0 saturated carbocycles. The molecule has 0 bridgehead atoms. The van der Waals surface area contributed by atoms with Crippen molar-refractivity contribution in [3.8, 4) is 0 Å². The second kappa shape index (κ2) is 6.35. The van der Waals surface area contributed by atoms with Gasteiger partial charge < -0.3 is 15.0 Å². The Morgan fingerprint density at radius 3 is 2.50 bits per heavy atom. The van der Waals surface area contributed by atoms with E-state index in [1.807, 2.05) is 0 Å². The van der Waals surface area contributed by atoms with Crippen molar-refractivity contribution in [2.75, 3.05) is 12.4 Å². The first-order chi connectivity index (χ1) is 10.4. The number of aryl methyl sites for hydroxylation is 2. The predicted octanol–water partition coefficient (Wildman–Crippen LogP) is 0.0265. The summed E-state index contributed by atoms with van der Waals surface area (Å²) >= 11 is 0. The van der Waals surface area contributed by atoms with Gasteiger partial charge in [-0.05, 0) is 26.2 Å². The van der Waals surface area contributed by atoms with Crippen LogP contribution in [-0.4, -0.2) is 36.9 Å². The number of fused-ring (bicyclic) bond motifs is 1. The fourth-order valence-corrected chi connectivity index (χ4v) is 2.57. The highest BCUT2D eigenvalue weighted by Gasteiger charge is 2.17. The Morgan fingerprint density at radius 2 is 1.91 bits per heavy atom. The summed E-state index contributed by atoms with van der Waals surface area (Å²) in [6, 6.07) is 0. The van der Waals surface area contributed by atoms with Crippen LogP contribution in [0.3, 0.4) is 0 Å². The molecule has 8 nitrogen and oxygen atoms in total. The molecule has 0 aromatic carbocycles. The summed E-state index contributed by atoms with van der Waals surface area (Å²) in [4.78, 5) is 29.2. The number of aliphatic hydroxyl groups excluding tert-OH is 1. The summed E-state index contributed by atoms with van der Waals surface area (Å²) in [6.45, 7) is 2.07. The summed E-state index contributed by atoms with van der Waals surface area (Å²) in [5.41, 5.74) is 0.0889. The van der Waals surface area contributed by atoms with E-state index in [2.05, 4.69) is 10.3 Å². The van der Waals surface area contributed by atoms with Gasteiger partial charge in [0.05, 0.1) is 6.10 Å². The Hall–Kier alpha value is -2.09. The standard InChI is InChI=1S/C14H23N5O3/c1-9(20)7-5-6-8-19-12(21)10-11(18(4)14(19)22)16-13(15-2)17(10)3/h9,20H,5-8H2,1-4H3,(H,15,16)/t9-/m1/s1. The first-order valence-electron chi connectivity index (χ1n) is 7.40. The highest BCUT2D eigenvalue weighted by Crippen LogP contribution is 2.12. The Balaban J connectivity index is 2.45. The number of anilines is 1. The van der Waals surface area contributed by atoms with E-state index in [1.165, 1.54) is 9.13 Å². The van der Waals surface area contributed by atoms with Gasteiger partial charge in [0.15, 0.2) is 11.2 Å². The lowest BCUT2D eigenvalue weighted by atomic mass is 10.2. The molecule has 0 aliphatic heterocycles. The van der Waals surface area contributed by atoms with Crippen LogP contribution < -0.4 is 16.6 Å². The molecule has 2 aromatic rings. The van der Waals surface area contributed by atoms with E-state index >= 15 is 0 Å². The van der Waals surface area contributed by atoms with Crippen LogP contribution in [0.2, 0.25) is 0 Å². The number of rotatable bonds is 6. The molecule has 0 saturated heterocycles. The molecule has 0 unspecified atom stereocenters. The number of imidazole rings is 1. The molecular formula is C14H23N5O3. The zero-order valence-electron chi connectivity index (χ0n) is 13.5. The van der Waals surface area contributed by atoms with Crippen molar-refractivity contribution in [2.24, 2.45) is 14.1 Å². The molecule has 22 heavy (non-hydrogen) atoms. The molecule has 0 aliphatic carbocycles. The zero-order valence-corrected chi connectivity index (χ0v) is 13.5. The molecule has 0 amide bonds. The fraction of sp³-hybridized carbons (Fsp3) is 0.643. The highest BCUT2D eigenvalue weighted by atomic mass is 16.3. The molecule has 122 valence electrons. The summed E-state index contributed by atoms with van der Waals surface area (Å²) in [5.74, 6) is 0.536. The van der Waals surface area contributed by atoms with Crippen LogP contribution in [0, 0.1) is 0 Å². The molecule has 1 atom stereocenters. The minimum atomic E-state index is -0.365.